The molecule has 0 heterocycles. The van der Waals surface area contributed by atoms with Crippen molar-refractivity contribution in [1.29, 1.82) is 0 Å². The largest absolute Gasteiger partial charge is 0.324 e. The Labute approximate surface area is 117 Å². The molecule has 0 aromatic heterocycles. The molecule has 4 nitrogen and oxygen atoms in total. The molecule has 2 rings (SSSR count). The quantitative estimate of drug-likeness (QED) is 0.837. The maximum Gasteiger partial charge on any atom is 0.255 e. The number of aldehydes is 1. The van der Waals surface area contributed by atoms with Crippen LogP contribution in [0.3, 0.4) is 0 Å². The first-order valence-electron chi connectivity index (χ1n) is 6.32. The first kappa shape index (κ1) is 14.0. The van der Waals surface area contributed by atoms with Gasteiger partial charge in [-0.3, -0.25) is 9.59 Å². The van der Waals surface area contributed by atoms with Crippen molar-refractivity contribution in [1.82, 2.24) is 0 Å². The number of hydrogen-bond acceptors (Lipinski definition) is 3. The molecule has 102 valence electrons. The maximum absolute atomic E-state index is 12.0. The molecule has 1 amide bonds. The van der Waals surface area contributed by atoms with Crippen LogP contribution in [0.1, 0.15) is 39.2 Å². The molecule has 2 aromatic carbocycles. The fourth-order valence-corrected chi connectivity index (χ4v) is 1.83. The van der Waals surface area contributed by atoms with Crippen LogP contribution in [-0.2, 0) is 0 Å². The van der Waals surface area contributed by atoms with Crippen LogP contribution in [0, 0.1) is 0 Å². The van der Waals surface area contributed by atoms with E-state index >= 15 is 0 Å². The Morgan fingerprint density at radius 3 is 2.50 bits per heavy atom. The zero-order chi connectivity index (χ0) is 14.5. The molecule has 1 atom stereocenters. The van der Waals surface area contributed by atoms with Gasteiger partial charge in [0.2, 0.25) is 0 Å². The lowest BCUT2D eigenvalue weighted by Crippen LogP contribution is -2.12. The monoisotopic (exact) mass is 268 g/mol. The molecule has 0 spiro atoms. The van der Waals surface area contributed by atoms with Gasteiger partial charge in [0, 0.05) is 22.9 Å². The van der Waals surface area contributed by atoms with Crippen LogP contribution in [-0.4, -0.2) is 12.2 Å². The topological polar surface area (TPSA) is 72.2 Å². The van der Waals surface area contributed by atoms with Crippen LogP contribution in [0.15, 0.2) is 48.5 Å². The summed E-state index contributed by atoms with van der Waals surface area (Å²) in [6.45, 7) is 1.90. The summed E-state index contributed by atoms with van der Waals surface area (Å²) in [5.74, 6) is -0.248. The molecular formula is C16H16N2O2. The summed E-state index contributed by atoms with van der Waals surface area (Å²) in [4.78, 5) is 22.7. The molecular weight excluding hydrogens is 252 g/mol. The molecule has 0 aliphatic rings. The highest BCUT2D eigenvalue weighted by Crippen LogP contribution is 2.15. The van der Waals surface area contributed by atoms with Crippen molar-refractivity contribution < 1.29 is 9.59 Å². The van der Waals surface area contributed by atoms with Gasteiger partial charge in [-0.2, -0.15) is 0 Å². The highest BCUT2D eigenvalue weighted by molar-refractivity contribution is 6.05. The number of hydrogen-bond donors (Lipinski definition) is 2. The van der Waals surface area contributed by atoms with Crippen molar-refractivity contribution in [2.24, 2.45) is 5.73 Å². The van der Waals surface area contributed by atoms with Crippen molar-refractivity contribution in [3.8, 4) is 0 Å². The van der Waals surface area contributed by atoms with Crippen LogP contribution in [0.5, 0.6) is 0 Å². The Kier molecular flexibility index (Phi) is 4.27. The number of anilines is 1. The second kappa shape index (κ2) is 6.12. The number of nitrogens with two attached hydrogens (primary N) is 1. The lowest BCUT2D eigenvalue weighted by molar-refractivity contribution is 0.102. The van der Waals surface area contributed by atoms with E-state index in [4.69, 9.17) is 5.73 Å². The van der Waals surface area contributed by atoms with E-state index in [9.17, 15) is 9.59 Å². The number of benzene rings is 2. The third-order valence-corrected chi connectivity index (χ3v) is 2.98. The van der Waals surface area contributed by atoms with Crippen LogP contribution in [0.2, 0.25) is 0 Å². The summed E-state index contributed by atoms with van der Waals surface area (Å²) >= 11 is 0. The van der Waals surface area contributed by atoms with E-state index in [0.29, 0.717) is 23.1 Å². The molecule has 0 saturated carbocycles. The van der Waals surface area contributed by atoms with Gasteiger partial charge in [0.15, 0.2) is 0 Å². The van der Waals surface area contributed by atoms with Crippen LogP contribution in [0.4, 0.5) is 5.69 Å². The lowest BCUT2D eigenvalue weighted by atomic mass is 10.1. The molecule has 0 radical (unpaired) electrons. The van der Waals surface area contributed by atoms with Crippen LogP contribution in [0.25, 0.3) is 0 Å². The standard InChI is InChI=1S/C16H16N2O2/c1-11(17)13-5-7-15(8-6-13)18-16(20)14-4-2-3-12(9-14)10-19/h2-11H,17H2,1H3,(H,18,20). The zero-order valence-corrected chi connectivity index (χ0v) is 11.2. The Hall–Kier alpha value is -2.46. The average molecular weight is 268 g/mol. The van der Waals surface area contributed by atoms with E-state index in [1.54, 1.807) is 36.4 Å². The highest BCUT2D eigenvalue weighted by atomic mass is 16.1. The normalized spacial score (nSPS) is 11.7. The molecule has 0 bridgehead atoms. The van der Waals surface area contributed by atoms with Gasteiger partial charge in [-0.25, -0.2) is 0 Å². The van der Waals surface area contributed by atoms with Crippen molar-refractivity contribution in [3.63, 3.8) is 0 Å². The van der Waals surface area contributed by atoms with Crippen molar-refractivity contribution >= 4 is 17.9 Å². The Bertz CT molecular complexity index is 619. The number of nitrogens with one attached hydrogen (secondary N) is 1. The summed E-state index contributed by atoms with van der Waals surface area (Å²) in [5.41, 5.74) is 8.39. The van der Waals surface area contributed by atoms with Gasteiger partial charge < -0.3 is 11.1 Å². The fraction of sp³-hybridized carbons (Fsp3) is 0.125. The minimum absolute atomic E-state index is 0.0379. The zero-order valence-electron chi connectivity index (χ0n) is 11.2. The number of rotatable bonds is 4. The highest BCUT2D eigenvalue weighted by Gasteiger charge is 2.07. The van der Waals surface area contributed by atoms with Crippen molar-refractivity contribution in [3.05, 3.63) is 65.2 Å². The average Bonchev–Trinajstić information content (AvgIpc) is 2.47. The first-order valence-corrected chi connectivity index (χ1v) is 6.32. The molecule has 0 fully saturated rings. The summed E-state index contributed by atoms with van der Waals surface area (Å²) in [7, 11) is 0. The maximum atomic E-state index is 12.0. The van der Waals surface area contributed by atoms with Crippen LogP contribution >= 0.6 is 0 Å². The Balaban J connectivity index is 2.12. The number of amides is 1. The molecule has 1 unspecified atom stereocenters. The van der Waals surface area contributed by atoms with Crippen molar-refractivity contribution in [2.75, 3.05) is 5.32 Å². The summed E-state index contributed by atoms with van der Waals surface area (Å²) in [6, 6.07) is 13.9. The third-order valence-electron chi connectivity index (χ3n) is 2.98. The van der Waals surface area contributed by atoms with Gasteiger partial charge in [0.05, 0.1) is 0 Å². The SMILES string of the molecule is CC(N)c1ccc(NC(=O)c2cccc(C=O)c2)cc1. The van der Waals surface area contributed by atoms with E-state index in [-0.39, 0.29) is 11.9 Å². The van der Waals surface area contributed by atoms with Crippen molar-refractivity contribution in [2.45, 2.75) is 13.0 Å². The summed E-state index contributed by atoms with van der Waals surface area (Å²) in [6.07, 6.45) is 0.716. The Morgan fingerprint density at radius 1 is 1.20 bits per heavy atom. The molecule has 2 aromatic rings. The second-order valence-electron chi connectivity index (χ2n) is 4.61. The first-order chi connectivity index (χ1) is 9.60. The fourth-order valence-electron chi connectivity index (χ4n) is 1.83. The van der Waals surface area contributed by atoms with Crippen LogP contribution < -0.4 is 11.1 Å². The van der Waals surface area contributed by atoms with Gasteiger partial charge in [0.1, 0.15) is 6.29 Å². The van der Waals surface area contributed by atoms with Gasteiger partial charge in [-0.05, 0) is 36.8 Å². The smallest absolute Gasteiger partial charge is 0.255 e. The number of carbonyl (C=O) groups is 2. The lowest BCUT2D eigenvalue weighted by Gasteiger charge is -2.08. The molecule has 4 heteroatoms. The molecule has 3 N–H and O–H groups in total. The molecule has 20 heavy (non-hydrogen) atoms. The molecule has 0 aliphatic carbocycles. The van der Waals surface area contributed by atoms with E-state index in [1.165, 1.54) is 0 Å². The third kappa shape index (κ3) is 3.30. The predicted molar refractivity (Wildman–Crippen MR) is 78.8 cm³/mol. The molecule has 0 aliphatic heterocycles. The predicted octanol–water partition coefficient (Wildman–Crippen LogP) is 2.77. The Morgan fingerprint density at radius 2 is 1.90 bits per heavy atom. The summed E-state index contributed by atoms with van der Waals surface area (Å²) in [5, 5.41) is 2.78. The van der Waals surface area contributed by atoms with E-state index in [1.807, 2.05) is 19.1 Å². The minimum atomic E-state index is -0.248. The molecule has 0 saturated heterocycles. The van der Waals surface area contributed by atoms with E-state index in [2.05, 4.69) is 5.32 Å². The second-order valence-corrected chi connectivity index (χ2v) is 4.61. The summed E-state index contributed by atoms with van der Waals surface area (Å²) < 4.78 is 0. The van der Waals surface area contributed by atoms with Gasteiger partial charge in [0.25, 0.3) is 5.91 Å². The minimum Gasteiger partial charge on any atom is -0.324 e. The van der Waals surface area contributed by atoms with Gasteiger partial charge in [-0.1, -0.05) is 24.3 Å². The van der Waals surface area contributed by atoms with E-state index in [0.717, 1.165) is 5.56 Å². The van der Waals surface area contributed by atoms with Gasteiger partial charge in [-0.15, -0.1) is 0 Å². The van der Waals surface area contributed by atoms with E-state index < -0.39 is 0 Å². The number of carbonyl (C=O) groups excluding carboxylic acids is 2. The van der Waals surface area contributed by atoms with Gasteiger partial charge >= 0.3 is 0 Å².